The lowest BCUT2D eigenvalue weighted by Crippen LogP contribution is -2.44. The Hall–Kier alpha value is -1.69. The number of carbonyl (C=O) groups excluding carboxylic acids is 1. The van der Waals surface area contributed by atoms with Gasteiger partial charge in [-0.3, -0.25) is 9.63 Å². The van der Waals surface area contributed by atoms with Gasteiger partial charge in [0.25, 0.3) is 5.91 Å². The van der Waals surface area contributed by atoms with Gasteiger partial charge in [0.2, 0.25) is 5.95 Å². The first kappa shape index (κ1) is 13.3. The number of nitrogens with zero attached hydrogens (tertiary/aromatic N) is 3. The zero-order chi connectivity index (χ0) is 13.8. The summed E-state index contributed by atoms with van der Waals surface area (Å²) in [4.78, 5) is 28.1. The number of aromatic nitrogens is 2. The molecule has 1 unspecified atom stereocenters. The molecule has 1 aliphatic heterocycles. The molecular weight excluding hydrogens is 256 g/mol. The smallest absolute Gasteiger partial charge is 0.266 e. The summed E-state index contributed by atoms with van der Waals surface area (Å²) in [6.07, 6.45) is 9.82. The van der Waals surface area contributed by atoms with Gasteiger partial charge in [-0.25, -0.2) is 15.4 Å². The molecule has 2 heterocycles. The van der Waals surface area contributed by atoms with Crippen molar-refractivity contribution in [2.75, 3.05) is 11.4 Å². The second-order valence-electron chi connectivity index (χ2n) is 5.39. The van der Waals surface area contributed by atoms with Crippen molar-refractivity contribution >= 4 is 11.9 Å². The molecule has 108 valence electrons. The second kappa shape index (κ2) is 6.17. The highest BCUT2D eigenvalue weighted by molar-refractivity contribution is 5.84. The predicted molar refractivity (Wildman–Crippen MR) is 73.9 cm³/mol. The van der Waals surface area contributed by atoms with Gasteiger partial charge in [0.05, 0.1) is 6.10 Å². The monoisotopic (exact) mass is 276 g/mol. The summed E-state index contributed by atoms with van der Waals surface area (Å²) in [5, 5.41) is 0. The first-order valence-corrected chi connectivity index (χ1v) is 7.34. The fraction of sp³-hybridized carbons (Fsp3) is 0.643. The molecule has 1 saturated carbocycles. The maximum Gasteiger partial charge on any atom is 0.266 e. The summed E-state index contributed by atoms with van der Waals surface area (Å²) in [6, 6.07) is 1.55. The van der Waals surface area contributed by atoms with Crippen molar-refractivity contribution < 1.29 is 9.63 Å². The van der Waals surface area contributed by atoms with Crippen LogP contribution in [0.4, 0.5) is 5.95 Å². The normalized spacial score (nSPS) is 23.2. The summed E-state index contributed by atoms with van der Waals surface area (Å²) in [5.41, 5.74) is 2.63. The maximum atomic E-state index is 12.3. The minimum Gasteiger partial charge on any atom is -0.329 e. The first-order valence-electron chi connectivity index (χ1n) is 7.34. The Kier molecular flexibility index (Phi) is 4.11. The van der Waals surface area contributed by atoms with E-state index < -0.39 is 0 Å². The molecule has 1 amide bonds. The largest absolute Gasteiger partial charge is 0.329 e. The van der Waals surface area contributed by atoms with Gasteiger partial charge in [0.1, 0.15) is 6.04 Å². The lowest BCUT2D eigenvalue weighted by molar-refractivity contribution is -0.139. The molecule has 6 nitrogen and oxygen atoms in total. The molecule has 6 heteroatoms. The van der Waals surface area contributed by atoms with E-state index in [-0.39, 0.29) is 18.1 Å². The van der Waals surface area contributed by atoms with Crippen LogP contribution in [0.5, 0.6) is 0 Å². The molecule has 1 aromatic rings. The van der Waals surface area contributed by atoms with E-state index in [1.165, 1.54) is 12.8 Å². The summed E-state index contributed by atoms with van der Waals surface area (Å²) < 4.78 is 0. The van der Waals surface area contributed by atoms with Crippen LogP contribution in [-0.4, -0.2) is 34.6 Å². The molecule has 1 saturated heterocycles. The SMILES string of the molecule is O=C(NOC1CCCC1)C1CCCN1c1ncccn1. The quantitative estimate of drug-likeness (QED) is 0.843. The van der Waals surface area contributed by atoms with E-state index in [4.69, 9.17) is 4.84 Å². The Balaban J connectivity index is 1.58. The topological polar surface area (TPSA) is 67.3 Å². The Labute approximate surface area is 118 Å². The number of nitrogens with one attached hydrogen (secondary N) is 1. The van der Waals surface area contributed by atoms with Crippen molar-refractivity contribution in [3.63, 3.8) is 0 Å². The van der Waals surface area contributed by atoms with Gasteiger partial charge in [-0.1, -0.05) is 12.8 Å². The van der Waals surface area contributed by atoms with E-state index in [0.717, 1.165) is 32.2 Å². The third-order valence-corrected chi connectivity index (χ3v) is 3.99. The molecule has 3 rings (SSSR count). The lowest BCUT2D eigenvalue weighted by atomic mass is 10.2. The van der Waals surface area contributed by atoms with Crippen molar-refractivity contribution in [3.8, 4) is 0 Å². The average molecular weight is 276 g/mol. The van der Waals surface area contributed by atoms with Crippen molar-refractivity contribution in [2.24, 2.45) is 0 Å². The summed E-state index contributed by atoms with van der Waals surface area (Å²) in [5.74, 6) is 0.535. The van der Waals surface area contributed by atoms with Crippen LogP contribution < -0.4 is 10.4 Å². The number of carbonyl (C=O) groups is 1. The van der Waals surface area contributed by atoms with Gasteiger partial charge >= 0.3 is 0 Å². The highest BCUT2D eigenvalue weighted by Crippen LogP contribution is 2.23. The lowest BCUT2D eigenvalue weighted by Gasteiger charge is -2.24. The maximum absolute atomic E-state index is 12.3. The van der Waals surface area contributed by atoms with Crippen molar-refractivity contribution in [1.82, 2.24) is 15.4 Å². The van der Waals surface area contributed by atoms with Gasteiger partial charge < -0.3 is 4.90 Å². The minimum absolute atomic E-state index is 0.0816. The molecule has 20 heavy (non-hydrogen) atoms. The molecule has 0 aromatic carbocycles. The highest BCUT2D eigenvalue weighted by Gasteiger charge is 2.33. The molecule has 0 bridgehead atoms. The molecule has 1 N–H and O–H groups in total. The predicted octanol–water partition coefficient (Wildman–Crippen LogP) is 1.44. The Bertz CT molecular complexity index is 448. The molecule has 2 fully saturated rings. The van der Waals surface area contributed by atoms with Gasteiger partial charge in [-0.2, -0.15) is 0 Å². The molecule has 1 atom stereocenters. The highest BCUT2D eigenvalue weighted by atomic mass is 16.7. The van der Waals surface area contributed by atoms with Gasteiger partial charge in [-0.05, 0) is 31.7 Å². The summed E-state index contributed by atoms with van der Waals surface area (Å²) in [6.45, 7) is 0.811. The average Bonchev–Trinajstić information content (AvgIpc) is 3.17. The van der Waals surface area contributed by atoms with E-state index >= 15 is 0 Å². The van der Waals surface area contributed by atoms with Crippen LogP contribution in [0.15, 0.2) is 18.5 Å². The zero-order valence-corrected chi connectivity index (χ0v) is 11.5. The van der Waals surface area contributed by atoms with Crippen LogP contribution in [-0.2, 0) is 9.63 Å². The van der Waals surface area contributed by atoms with E-state index in [2.05, 4.69) is 15.4 Å². The van der Waals surface area contributed by atoms with Gasteiger partial charge in [0.15, 0.2) is 0 Å². The zero-order valence-electron chi connectivity index (χ0n) is 11.5. The molecular formula is C14H20N4O2. The molecule has 0 spiro atoms. The van der Waals surface area contributed by atoms with Crippen LogP contribution in [0.2, 0.25) is 0 Å². The number of hydroxylamine groups is 1. The molecule has 1 aromatic heterocycles. The fourth-order valence-electron chi connectivity index (χ4n) is 2.93. The molecule has 1 aliphatic carbocycles. The molecule has 0 radical (unpaired) electrons. The van der Waals surface area contributed by atoms with E-state index in [1.807, 2.05) is 4.90 Å². The molecule has 2 aliphatic rings. The van der Waals surface area contributed by atoms with E-state index in [0.29, 0.717) is 5.95 Å². The van der Waals surface area contributed by atoms with Crippen LogP contribution >= 0.6 is 0 Å². The number of amides is 1. The Morgan fingerprint density at radius 2 is 1.95 bits per heavy atom. The number of hydrogen-bond acceptors (Lipinski definition) is 5. The Morgan fingerprint density at radius 1 is 1.20 bits per heavy atom. The third kappa shape index (κ3) is 2.90. The summed E-state index contributed by atoms with van der Waals surface area (Å²) >= 11 is 0. The van der Waals surface area contributed by atoms with E-state index in [9.17, 15) is 4.79 Å². The van der Waals surface area contributed by atoms with Crippen molar-refractivity contribution in [3.05, 3.63) is 18.5 Å². The standard InChI is InChI=1S/C14H20N4O2/c19-13(17-20-11-5-1-2-6-11)12-7-3-10-18(12)14-15-8-4-9-16-14/h4,8-9,11-12H,1-3,5-7,10H2,(H,17,19). The fourth-order valence-corrected chi connectivity index (χ4v) is 2.93. The minimum atomic E-state index is -0.223. The van der Waals surface area contributed by atoms with Crippen LogP contribution in [0.1, 0.15) is 38.5 Å². The van der Waals surface area contributed by atoms with Crippen molar-refractivity contribution in [1.29, 1.82) is 0 Å². The first-order chi connectivity index (χ1) is 9.84. The Morgan fingerprint density at radius 3 is 2.70 bits per heavy atom. The summed E-state index contributed by atoms with van der Waals surface area (Å²) in [7, 11) is 0. The van der Waals surface area contributed by atoms with Gasteiger partial charge in [0, 0.05) is 18.9 Å². The number of hydrogen-bond donors (Lipinski definition) is 1. The second-order valence-corrected chi connectivity index (χ2v) is 5.39. The van der Waals surface area contributed by atoms with Gasteiger partial charge in [-0.15, -0.1) is 0 Å². The number of rotatable bonds is 4. The van der Waals surface area contributed by atoms with Crippen LogP contribution in [0.25, 0.3) is 0 Å². The number of anilines is 1. The van der Waals surface area contributed by atoms with Crippen LogP contribution in [0, 0.1) is 0 Å². The third-order valence-electron chi connectivity index (χ3n) is 3.99. The van der Waals surface area contributed by atoms with Crippen molar-refractivity contribution in [2.45, 2.75) is 50.7 Å². The van der Waals surface area contributed by atoms with E-state index in [1.54, 1.807) is 18.5 Å². The van der Waals surface area contributed by atoms with Crippen LogP contribution in [0.3, 0.4) is 0 Å².